The van der Waals surface area contributed by atoms with E-state index < -0.39 is 10.0 Å². The molecule has 0 atom stereocenters. The molecular formula is C11H12ClNO3S2. The smallest absolute Gasteiger partial charge is 0.244 e. The van der Waals surface area contributed by atoms with Crippen molar-refractivity contribution in [3.05, 3.63) is 28.6 Å². The van der Waals surface area contributed by atoms with Gasteiger partial charge in [-0.2, -0.15) is 4.31 Å². The van der Waals surface area contributed by atoms with E-state index in [0.717, 1.165) is 9.01 Å². The Balaban J connectivity index is 2.57. The van der Waals surface area contributed by atoms with Crippen LogP contribution in [0.3, 0.4) is 0 Å². The highest BCUT2D eigenvalue weighted by molar-refractivity contribution is 7.89. The van der Waals surface area contributed by atoms with Crippen molar-refractivity contribution >= 4 is 43.0 Å². The maximum atomic E-state index is 12.3. The van der Waals surface area contributed by atoms with Crippen LogP contribution in [0.25, 0.3) is 10.1 Å². The molecule has 0 saturated heterocycles. The van der Waals surface area contributed by atoms with Gasteiger partial charge in [-0.1, -0.05) is 11.6 Å². The molecule has 0 bridgehead atoms. The monoisotopic (exact) mass is 305 g/mol. The Labute approximate surface area is 114 Å². The number of rotatable bonds is 4. The minimum absolute atomic E-state index is 0.0697. The Hall–Kier alpha value is -0.660. The van der Waals surface area contributed by atoms with Gasteiger partial charge in [0.05, 0.1) is 6.61 Å². The molecule has 4 nitrogen and oxygen atoms in total. The molecule has 0 amide bonds. The van der Waals surface area contributed by atoms with Gasteiger partial charge in [-0.05, 0) is 18.2 Å². The zero-order valence-corrected chi connectivity index (χ0v) is 12.0. The van der Waals surface area contributed by atoms with E-state index in [1.165, 1.54) is 18.4 Å². The lowest BCUT2D eigenvalue weighted by molar-refractivity contribution is 0.266. The van der Waals surface area contributed by atoms with Crippen LogP contribution in [0.1, 0.15) is 0 Å². The molecule has 0 fully saturated rings. The molecule has 1 aromatic heterocycles. The number of halogens is 1. The normalized spacial score (nSPS) is 12.4. The first-order chi connectivity index (χ1) is 8.46. The molecule has 0 saturated carbocycles. The second kappa shape index (κ2) is 5.14. The van der Waals surface area contributed by atoms with E-state index in [0.29, 0.717) is 10.4 Å². The van der Waals surface area contributed by atoms with Crippen molar-refractivity contribution in [2.24, 2.45) is 0 Å². The van der Waals surface area contributed by atoms with Crippen LogP contribution in [-0.2, 0) is 10.0 Å². The average Bonchev–Trinajstić information content (AvgIpc) is 2.72. The minimum Gasteiger partial charge on any atom is -0.395 e. The standard InChI is InChI=1S/C11H12ClNO3S2/c1-13(4-5-14)18(15,16)11-7-17-10-3-2-8(12)6-9(10)11/h2-3,6-7,14H,4-5H2,1H3. The molecule has 0 aliphatic carbocycles. The Bertz CT molecular complexity index is 666. The van der Waals surface area contributed by atoms with Gasteiger partial charge in [-0.3, -0.25) is 0 Å². The van der Waals surface area contributed by atoms with Gasteiger partial charge >= 0.3 is 0 Å². The molecule has 0 aliphatic heterocycles. The summed E-state index contributed by atoms with van der Waals surface area (Å²) in [5.41, 5.74) is 0. The van der Waals surface area contributed by atoms with Gasteiger partial charge in [0.2, 0.25) is 10.0 Å². The summed E-state index contributed by atoms with van der Waals surface area (Å²) >= 11 is 7.25. The average molecular weight is 306 g/mol. The minimum atomic E-state index is -3.58. The van der Waals surface area contributed by atoms with Crippen LogP contribution < -0.4 is 0 Å². The number of fused-ring (bicyclic) bond motifs is 1. The summed E-state index contributed by atoms with van der Waals surface area (Å²) in [5, 5.41) is 11.6. The van der Waals surface area contributed by atoms with Crippen LogP contribution in [0.5, 0.6) is 0 Å². The summed E-state index contributed by atoms with van der Waals surface area (Å²) in [5.74, 6) is 0. The van der Waals surface area contributed by atoms with E-state index in [9.17, 15) is 8.42 Å². The van der Waals surface area contributed by atoms with Crippen LogP contribution in [0.4, 0.5) is 0 Å². The van der Waals surface area contributed by atoms with E-state index in [1.807, 2.05) is 0 Å². The fourth-order valence-electron chi connectivity index (χ4n) is 1.61. The second-order valence-corrected chi connectivity index (χ2v) is 7.15. The number of aliphatic hydroxyl groups is 1. The number of nitrogens with zero attached hydrogens (tertiary/aromatic N) is 1. The third-order valence-corrected chi connectivity index (χ3v) is 5.85. The summed E-state index contributed by atoms with van der Waals surface area (Å²) in [4.78, 5) is 0.237. The number of hydrogen-bond acceptors (Lipinski definition) is 4. The highest BCUT2D eigenvalue weighted by atomic mass is 35.5. The van der Waals surface area contributed by atoms with E-state index >= 15 is 0 Å². The topological polar surface area (TPSA) is 57.6 Å². The van der Waals surface area contributed by atoms with Crippen LogP contribution in [0.15, 0.2) is 28.5 Å². The lowest BCUT2D eigenvalue weighted by Gasteiger charge is -2.15. The molecule has 0 radical (unpaired) electrons. The fourth-order valence-corrected chi connectivity index (χ4v) is 4.38. The molecule has 0 aliphatic rings. The molecule has 2 aromatic rings. The van der Waals surface area contributed by atoms with Crippen molar-refractivity contribution in [2.45, 2.75) is 4.90 Å². The Morgan fingerprint density at radius 1 is 1.44 bits per heavy atom. The first-order valence-electron chi connectivity index (χ1n) is 5.21. The molecule has 18 heavy (non-hydrogen) atoms. The highest BCUT2D eigenvalue weighted by Gasteiger charge is 2.23. The van der Waals surface area contributed by atoms with Crippen LogP contribution in [0, 0.1) is 0 Å². The van der Waals surface area contributed by atoms with Crippen molar-refractivity contribution in [1.82, 2.24) is 4.31 Å². The van der Waals surface area contributed by atoms with Gasteiger partial charge in [0.15, 0.2) is 0 Å². The number of aliphatic hydroxyl groups excluding tert-OH is 1. The molecule has 1 aromatic carbocycles. The zero-order valence-electron chi connectivity index (χ0n) is 9.63. The molecule has 7 heteroatoms. The lowest BCUT2D eigenvalue weighted by atomic mass is 10.3. The summed E-state index contributed by atoms with van der Waals surface area (Å²) in [6.07, 6.45) is 0. The first kappa shape index (κ1) is 13.8. The van der Waals surface area contributed by atoms with Crippen molar-refractivity contribution in [1.29, 1.82) is 0 Å². The Morgan fingerprint density at radius 2 is 2.17 bits per heavy atom. The summed E-state index contributed by atoms with van der Waals surface area (Å²) in [6, 6.07) is 5.18. The lowest BCUT2D eigenvalue weighted by Crippen LogP contribution is -2.29. The van der Waals surface area contributed by atoms with Crippen LogP contribution in [-0.4, -0.2) is 38.0 Å². The van der Waals surface area contributed by atoms with Crippen molar-refractivity contribution < 1.29 is 13.5 Å². The number of hydrogen-bond donors (Lipinski definition) is 1. The Morgan fingerprint density at radius 3 is 2.83 bits per heavy atom. The van der Waals surface area contributed by atoms with Gasteiger partial charge < -0.3 is 5.11 Å². The quantitative estimate of drug-likeness (QED) is 0.942. The van der Waals surface area contributed by atoms with Crippen molar-refractivity contribution in [3.8, 4) is 0 Å². The van der Waals surface area contributed by atoms with Gasteiger partial charge in [-0.25, -0.2) is 8.42 Å². The summed E-state index contributed by atoms with van der Waals surface area (Å²) < 4.78 is 26.6. The maximum Gasteiger partial charge on any atom is 0.244 e. The molecule has 1 heterocycles. The number of sulfonamides is 1. The van der Waals surface area contributed by atoms with E-state index in [-0.39, 0.29) is 18.0 Å². The van der Waals surface area contributed by atoms with Crippen molar-refractivity contribution in [2.75, 3.05) is 20.2 Å². The predicted molar refractivity (Wildman–Crippen MR) is 73.7 cm³/mol. The van der Waals surface area contributed by atoms with E-state index in [2.05, 4.69) is 0 Å². The molecule has 98 valence electrons. The third kappa shape index (κ3) is 2.39. The largest absolute Gasteiger partial charge is 0.395 e. The number of thiophene rings is 1. The Kier molecular flexibility index (Phi) is 3.93. The maximum absolute atomic E-state index is 12.3. The summed E-state index contributed by atoms with van der Waals surface area (Å²) in [7, 11) is -2.13. The highest BCUT2D eigenvalue weighted by Crippen LogP contribution is 2.32. The van der Waals surface area contributed by atoms with Gasteiger partial charge in [-0.15, -0.1) is 11.3 Å². The molecule has 1 N–H and O–H groups in total. The van der Waals surface area contributed by atoms with Gasteiger partial charge in [0.25, 0.3) is 0 Å². The van der Waals surface area contributed by atoms with E-state index in [1.54, 1.807) is 23.6 Å². The molecule has 0 unspecified atom stereocenters. The predicted octanol–water partition coefficient (Wildman–Crippen LogP) is 2.17. The van der Waals surface area contributed by atoms with Crippen LogP contribution >= 0.6 is 22.9 Å². The molecular weight excluding hydrogens is 294 g/mol. The first-order valence-corrected chi connectivity index (χ1v) is 7.90. The molecule has 0 spiro atoms. The SMILES string of the molecule is CN(CCO)S(=O)(=O)c1csc2ccc(Cl)cc12. The van der Waals surface area contributed by atoms with E-state index in [4.69, 9.17) is 16.7 Å². The van der Waals surface area contributed by atoms with Gasteiger partial charge in [0, 0.05) is 34.1 Å². The number of benzene rings is 1. The van der Waals surface area contributed by atoms with Crippen LogP contribution in [0.2, 0.25) is 5.02 Å². The van der Waals surface area contributed by atoms with Crippen molar-refractivity contribution in [3.63, 3.8) is 0 Å². The number of likely N-dealkylation sites (N-methyl/N-ethyl adjacent to an activating group) is 1. The third-order valence-electron chi connectivity index (χ3n) is 2.60. The zero-order chi connectivity index (χ0) is 13.3. The summed E-state index contributed by atoms with van der Waals surface area (Å²) in [6.45, 7) is -0.140. The fraction of sp³-hybridized carbons (Fsp3) is 0.273. The molecule has 2 rings (SSSR count). The second-order valence-electron chi connectivity index (χ2n) is 3.79. The van der Waals surface area contributed by atoms with Gasteiger partial charge in [0.1, 0.15) is 4.90 Å².